The van der Waals surface area contributed by atoms with E-state index in [-0.39, 0.29) is 0 Å². The van der Waals surface area contributed by atoms with E-state index in [2.05, 4.69) is 11.9 Å². The second-order valence-electron chi connectivity index (χ2n) is 5.07. The number of unbranched alkanes of at least 4 members (excludes halogenated alkanes) is 7. The molecule has 0 spiro atoms. The van der Waals surface area contributed by atoms with Crippen LogP contribution in [0.4, 0.5) is 0 Å². The minimum atomic E-state index is -4.94. The molecule has 0 aliphatic rings. The lowest BCUT2D eigenvalue weighted by molar-refractivity contribution is -2.00. The Morgan fingerprint density at radius 3 is 1.58 bits per heavy atom. The number of carboxylic acids is 1. The average Bonchev–Trinajstić information content (AvgIpc) is 2.50. The monoisotopic (exact) mass is 365 g/mol. The standard InChI is InChI=1S/C11H22O2.C5H5N.ClHO4/c1-2-3-4-5-6-7-8-9-10-11(12)13;1-2-4-6-5-3-1;2-1(3,4)5/h2-10H2,1H3,(H,12,13);1-5H;(H,2,3,4,5). The maximum atomic E-state index is 10.2. The zero-order chi connectivity index (χ0) is 18.7. The van der Waals surface area contributed by atoms with Gasteiger partial charge in [-0.1, -0.05) is 57.9 Å². The first-order valence-corrected chi connectivity index (χ1v) is 9.25. The molecule has 24 heavy (non-hydrogen) atoms. The van der Waals surface area contributed by atoms with Gasteiger partial charge in [0.1, 0.15) is 0 Å². The Balaban J connectivity index is 0. The highest BCUT2D eigenvalue weighted by Gasteiger charge is 1.96. The van der Waals surface area contributed by atoms with Gasteiger partial charge in [0.2, 0.25) is 0 Å². The molecule has 0 aliphatic heterocycles. The van der Waals surface area contributed by atoms with Crippen LogP contribution < -0.4 is 23.6 Å². The van der Waals surface area contributed by atoms with Crippen molar-refractivity contribution < 1.29 is 43.8 Å². The number of aliphatic carboxylic acids is 1. The van der Waals surface area contributed by atoms with E-state index < -0.39 is 16.2 Å². The smallest absolute Gasteiger partial charge is 0.303 e. The Bertz CT molecular complexity index is 340. The summed E-state index contributed by atoms with van der Waals surface area (Å²) in [6.07, 6.45) is 13.8. The van der Waals surface area contributed by atoms with Gasteiger partial charge in [0.25, 0.3) is 0 Å². The third kappa shape index (κ3) is 37.2. The second-order valence-corrected chi connectivity index (χ2v) is 5.83. The number of hydrogen-bond acceptors (Lipinski definition) is 5. The highest BCUT2D eigenvalue weighted by Crippen LogP contribution is 2.09. The maximum absolute atomic E-state index is 10.2. The van der Waals surface area contributed by atoms with Crippen molar-refractivity contribution in [3.8, 4) is 0 Å². The summed E-state index contributed by atoms with van der Waals surface area (Å²) in [7, 11) is -4.94. The summed E-state index contributed by atoms with van der Waals surface area (Å²) >= 11 is 0. The van der Waals surface area contributed by atoms with Gasteiger partial charge in [0, 0.05) is 18.6 Å². The molecule has 1 rings (SSSR count). The number of rotatable bonds is 9. The maximum Gasteiger partial charge on any atom is 0.303 e. The van der Waals surface area contributed by atoms with Crippen molar-refractivity contribution in [1.29, 1.82) is 0 Å². The Kier molecular flexibility index (Phi) is 18.8. The Morgan fingerprint density at radius 1 is 0.875 bits per heavy atom. The van der Waals surface area contributed by atoms with E-state index in [1.54, 1.807) is 0 Å². The molecule has 0 saturated heterocycles. The van der Waals surface area contributed by atoms with E-state index in [0.29, 0.717) is 6.42 Å². The normalized spacial score (nSPS) is 10.0. The zero-order valence-corrected chi connectivity index (χ0v) is 14.9. The SMILES string of the molecule is CCCCCCCCCCC(=O)O.[O-][Cl+3]([O-])([O-])[O-].c1cc[nH+]cc1. The van der Waals surface area contributed by atoms with Gasteiger partial charge in [-0.15, -0.1) is 10.2 Å². The number of H-pyrrole nitrogens is 1. The lowest BCUT2D eigenvalue weighted by Gasteiger charge is -2.17. The van der Waals surface area contributed by atoms with Crippen LogP contribution in [0.3, 0.4) is 0 Å². The highest BCUT2D eigenvalue weighted by atomic mass is 35.7. The second kappa shape index (κ2) is 18.1. The van der Waals surface area contributed by atoms with E-state index in [0.717, 1.165) is 12.8 Å². The number of halogens is 1. The molecule has 7 nitrogen and oxygen atoms in total. The summed E-state index contributed by atoms with van der Waals surface area (Å²) in [6.45, 7) is 2.22. The molecular weight excluding hydrogens is 338 g/mol. The summed E-state index contributed by atoms with van der Waals surface area (Å²) in [5.41, 5.74) is 0. The summed E-state index contributed by atoms with van der Waals surface area (Å²) in [5, 5.41) is 8.39. The van der Waals surface area contributed by atoms with Crippen molar-refractivity contribution in [3.63, 3.8) is 0 Å². The van der Waals surface area contributed by atoms with Crippen LogP contribution in [0.15, 0.2) is 30.6 Å². The van der Waals surface area contributed by atoms with Gasteiger partial charge in [-0.3, -0.25) is 4.79 Å². The Morgan fingerprint density at radius 2 is 1.29 bits per heavy atom. The van der Waals surface area contributed by atoms with Gasteiger partial charge in [0.05, 0.1) is 0 Å². The average molecular weight is 366 g/mol. The number of aromatic amines is 1. The van der Waals surface area contributed by atoms with Gasteiger partial charge in [0.15, 0.2) is 12.4 Å². The molecule has 0 radical (unpaired) electrons. The molecule has 2 N–H and O–H groups in total. The molecule has 0 atom stereocenters. The van der Waals surface area contributed by atoms with Crippen molar-refractivity contribution in [2.45, 2.75) is 64.7 Å². The first kappa shape index (κ1) is 25.0. The summed E-state index contributed by atoms with van der Waals surface area (Å²) < 4.78 is 34.0. The van der Waals surface area contributed by atoms with Crippen LogP contribution in [0.25, 0.3) is 0 Å². The van der Waals surface area contributed by atoms with Crippen molar-refractivity contribution in [2.75, 3.05) is 0 Å². The van der Waals surface area contributed by atoms with E-state index >= 15 is 0 Å². The quantitative estimate of drug-likeness (QED) is 0.575. The van der Waals surface area contributed by atoms with E-state index in [1.165, 1.54) is 38.5 Å². The molecule has 0 bridgehead atoms. The van der Waals surface area contributed by atoms with Crippen LogP contribution in [-0.4, -0.2) is 11.1 Å². The van der Waals surface area contributed by atoms with Gasteiger partial charge >= 0.3 is 5.97 Å². The van der Waals surface area contributed by atoms with Crippen LogP contribution in [0, 0.1) is 10.2 Å². The van der Waals surface area contributed by atoms with Gasteiger partial charge < -0.3 is 5.11 Å². The van der Waals surface area contributed by atoms with E-state index in [1.807, 2.05) is 30.6 Å². The first-order valence-electron chi connectivity index (χ1n) is 8.02. The fourth-order valence-corrected chi connectivity index (χ4v) is 1.75. The van der Waals surface area contributed by atoms with Gasteiger partial charge in [-0.2, -0.15) is 0 Å². The van der Waals surface area contributed by atoms with Crippen molar-refractivity contribution in [1.82, 2.24) is 0 Å². The van der Waals surface area contributed by atoms with Gasteiger partial charge in [-0.05, 0) is 6.42 Å². The number of nitrogens with one attached hydrogen (secondary N) is 1. The summed E-state index contributed by atoms with van der Waals surface area (Å²) in [6, 6.07) is 5.86. The lowest BCUT2D eigenvalue weighted by atomic mass is 10.1. The molecule has 0 fully saturated rings. The highest BCUT2D eigenvalue weighted by molar-refractivity contribution is 5.66. The zero-order valence-electron chi connectivity index (χ0n) is 14.1. The van der Waals surface area contributed by atoms with Crippen LogP contribution in [0.5, 0.6) is 0 Å². The van der Waals surface area contributed by atoms with Crippen LogP contribution in [0.1, 0.15) is 64.7 Å². The van der Waals surface area contributed by atoms with Gasteiger partial charge in [-0.25, -0.2) is 23.6 Å². The summed E-state index contributed by atoms with van der Waals surface area (Å²) in [4.78, 5) is 13.1. The molecule has 1 heterocycles. The number of carboxylic acid groups (broad SMARTS) is 1. The van der Waals surface area contributed by atoms with E-state index in [9.17, 15) is 4.79 Å². The third-order valence-corrected chi connectivity index (χ3v) is 2.85. The van der Waals surface area contributed by atoms with Crippen molar-refractivity contribution in [2.24, 2.45) is 0 Å². The van der Waals surface area contributed by atoms with Crippen LogP contribution in [-0.2, 0) is 4.79 Å². The molecule has 0 amide bonds. The molecule has 0 unspecified atom stereocenters. The number of carbonyl (C=O) groups is 1. The molecule has 8 heteroatoms. The predicted molar refractivity (Wildman–Crippen MR) is 77.9 cm³/mol. The molecular formula is C16H28ClNO6. The molecule has 1 aromatic heterocycles. The largest absolute Gasteiger partial charge is 0.481 e. The lowest BCUT2D eigenvalue weighted by Crippen LogP contribution is -2.68. The minimum Gasteiger partial charge on any atom is -0.481 e. The van der Waals surface area contributed by atoms with E-state index in [4.69, 9.17) is 23.7 Å². The third-order valence-electron chi connectivity index (χ3n) is 2.85. The van der Waals surface area contributed by atoms with Crippen LogP contribution in [0.2, 0.25) is 0 Å². The van der Waals surface area contributed by atoms with Crippen molar-refractivity contribution in [3.05, 3.63) is 30.6 Å². The number of aromatic nitrogens is 1. The minimum absolute atomic E-state index is 0.342. The Hall–Kier alpha value is -1.25. The molecule has 0 aromatic carbocycles. The molecule has 0 saturated carbocycles. The summed E-state index contributed by atoms with van der Waals surface area (Å²) in [5.74, 6) is -0.661. The Labute approximate surface area is 145 Å². The number of hydrogen-bond donors (Lipinski definition) is 1. The number of pyridine rings is 1. The topological polar surface area (TPSA) is 144 Å². The first-order chi connectivity index (χ1) is 11.3. The van der Waals surface area contributed by atoms with Crippen molar-refractivity contribution >= 4 is 5.97 Å². The molecule has 140 valence electrons. The fraction of sp³-hybridized carbons (Fsp3) is 0.625. The molecule has 0 aliphatic carbocycles. The fourth-order valence-electron chi connectivity index (χ4n) is 1.75. The molecule has 1 aromatic rings. The van der Waals surface area contributed by atoms with Crippen LogP contribution >= 0.6 is 0 Å². The predicted octanol–water partition coefficient (Wildman–Crippen LogP) is -0.653.